The van der Waals surface area contributed by atoms with Crippen LogP contribution in [0.25, 0.3) is 22.0 Å². The largest absolute Gasteiger partial charge is 0.493 e. The van der Waals surface area contributed by atoms with E-state index in [4.69, 9.17) is 9.72 Å². The molecule has 0 aliphatic carbocycles. The number of ether oxygens (including phenoxy) is 1. The fraction of sp³-hybridized carbons (Fsp3) is 0.290. The zero-order valence-corrected chi connectivity index (χ0v) is 21.4. The van der Waals surface area contributed by atoms with Crippen molar-refractivity contribution in [3.05, 3.63) is 89.0 Å². The summed E-state index contributed by atoms with van der Waals surface area (Å²) in [6.07, 6.45) is -0.386. The molecule has 0 saturated carbocycles. The molecular formula is C31H28F3N3O2. The average molecular weight is 532 g/mol. The summed E-state index contributed by atoms with van der Waals surface area (Å²) in [5, 5.41) is 3.96. The Balaban J connectivity index is 1.33. The van der Waals surface area contributed by atoms with E-state index in [-0.39, 0.29) is 12.5 Å². The number of likely N-dealkylation sites (tertiary alicyclic amines) is 1. The number of nitrogens with one attached hydrogen (secondary N) is 1. The van der Waals surface area contributed by atoms with Crippen LogP contribution in [0.3, 0.4) is 0 Å². The van der Waals surface area contributed by atoms with Crippen LogP contribution < -0.4 is 10.1 Å². The summed E-state index contributed by atoms with van der Waals surface area (Å²) in [5.74, 6) is 1.37. The molecule has 6 rings (SSSR count). The lowest BCUT2D eigenvalue weighted by Crippen LogP contribution is -2.28. The van der Waals surface area contributed by atoms with Crippen LogP contribution >= 0.6 is 0 Å². The summed E-state index contributed by atoms with van der Waals surface area (Å²) < 4.78 is 44.6. The maximum absolute atomic E-state index is 13.6. The van der Waals surface area contributed by atoms with Crippen LogP contribution in [-0.4, -0.2) is 35.5 Å². The summed E-state index contributed by atoms with van der Waals surface area (Å²) >= 11 is 0. The molecule has 1 amide bonds. The topological polar surface area (TPSA) is 54.5 Å². The van der Waals surface area contributed by atoms with E-state index in [2.05, 4.69) is 23.5 Å². The molecular weight excluding hydrogens is 503 g/mol. The van der Waals surface area contributed by atoms with Crippen molar-refractivity contribution in [2.45, 2.75) is 38.4 Å². The first-order valence-corrected chi connectivity index (χ1v) is 13.3. The van der Waals surface area contributed by atoms with Crippen molar-refractivity contribution in [2.75, 3.05) is 25.0 Å². The number of hydrogen-bond donors (Lipinski definition) is 1. The van der Waals surface area contributed by atoms with Gasteiger partial charge in [0.05, 0.1) is 23.3 Å². The van der Waals surface area contributed by atoms with Crippen LogP contribution in [0, 0.1) is 0 Å². The fourth-order valence-electron chi connectivity index (χ4n) is 5.29. The molecule has 0 unspecified atom stereocenters. The SMILES string of the molecule is O=C(c1cc(NCc2ccc(C(F)(F)F)cc2)nc2ccc(-c3ccc4c(c3)OCCC4)cc12)N1CCCC1. The van der Waals surface area contributed by atoms with Gasteiger partial charge in [-0.1, -0.05) is 30.3 Å². The molecule has 3 heterocycles. The smallest absolute Gasteiger partial charge is 0.416 e. The molecule has 2 aliphatic heterocycles. The van der Waals surface area contributed by atoms with Gasteiger partial charge in [0.1, 0.15) is 11.6 Å². The Bertz CT molecular complexity index is 1530. The zero-order valence-electron chi connectivity index (χ0n) is 21.4. The van der Waals surface area contributed by atoms with Gasteiger partial charge in [0.2, 0.25) is 0 Å². The molecule has 0 radical (unpaired) electrons. The van der Waals surface area contributed by atoms with E-state index in [1.807, 2.05) is 23.1 Å². The number of fused-ring (bicyclic) bond motifs is 2. The number of carbonyl (C=O) groups excluding carboxylic acids is 1. The third kappa shape index (κ3) is 5.28. The van der Waals surface area contributed by atoms with Crippen molar-refractivity contribution in [2.24, 2.45) is 0 Å². The molecule has 0 bridgehead atoms. The Morgan fingerprint density at radius 3 is 2.44 bits per heavy atom. The van der Waals surface area contributed by atoms with Crippen molar-refractivity contribution in [3.8, 4) is 16.9 Å². The molecule has 1 fully saturated rings. The summed E-state index contributed by atoms with van der Waals surface area (Å²) in [4.78, 5) is 20.2. The van der Waals surface area contributed by atoms with Crippen molar-refractivity contribution in [1.29, 1.82) is 0 Å². The van der Waals surface area contributed by atoms with E-state index in [1.54, 1.807) is 6.07 Å². The minimum Gasteiger partial charge on any atom is -0.493 e. The second-order valence-electron chi connectivity index (χ2n) is 10.1. The van der Waals surface area contributed by atoms with Gasteiger partial charge in [0, 0.05) is 25.0 Å². The average Bonchev–Trinajstić information content (AvgIpc) is 3.50. The number of hydrogen-bond acceptors (Lipinski definition) is 4. The summed E-state index contributed by atoms with van der Waals surface area (Å²) in [5.41, 5.74) is 4.43. The molecule has 1 saturated heterocycles. The number of pyridine rings is 1. The maximum Gasteiger partial charge on any atom is 0.416 e. The Labute approximate surface area is 224 Å². The standard InChI is InChI=1S/C31H28F3N3O2/c32-31(33,34)24-10-5-20(6-11-24)19-35-29-18-26(30(38)37-13-1-2-14-37)25-16-22(9-12-27(25)36-29)23-8-7-21-4-3-15-39-28(21)17-23/h5-12,16-18H,1-4,13-15,19H2,(H,35,36). The predicted molar refractivity (Wildman–Crippen MR) is 145 cm³/mol. The van der Waals surface area contributed by atoms with E-state index in [0.29, 0.717) is 22.5 Å². The lowest BCUT2D eigenvalue weighted by molar-refractivity contribution is -0.137. The monoisotopic (exact) mass is 531 g/mol. The van der Waals surface area contributed by atoms with Gasteiger partial charge in [-0.3, -0.25) is 4.79 Å². The Kier molecular flexibility index (Phi) is 6.62. The normalized spacial score (nSPS) is 15.2. The van der Waals surface area contributed by atoms with Gasteiger partial charge >= 0.3 is 6.18 Å². The van der Waals surface area contributed by atoms with Crippen LogP contribution in [0.1, 0.15) is 46.3 Å². The van der Waals surface area contributed by atoms with E-state index >= 15 is 0 Å². The number of aryl methyl sites for hydroxylation is 1. The minimum absolute atomic E-state index is 0.0385. The van der Waals surface area contributed by atoms with Crippen LogP contribution in [0.2, 0.25) is 0 Å². The molecule has 4 aromatic rings. The molecule has 3 aromatic carbocycles. The first-order valence-electron chi connectivity index (χ1n) is 13.3. The van der Waals surface area contributed by atoms with E-state index in [1.165, 1.54) is 17.7 Å². The number of rotatable bonds is 5. The molecule has 39 heavy (non-hydrogen) atoms. The fourth-order valence-corrected chi connectivity index (χ4v) is 5.29. The first kappa shape index (κ1) is 25.2. The van der Waals surface area contributed by atoms with Crippen LogP contribution in [0.15, 0.2) is 66.7 Å². The van der Waals surface area contributed by atoms with Gasteiger partial charge in [-0.25, -0.2) is 4.98 Å². The van der Waals surface area contributed by atoms with Gasteiger partial charge < -0.3 is 15.0 Å². The molecule has 2 aliphatic rings. The number of amides is 1. The molecule has 5 nitrogen and oxygen atoms in total. The van der Waals surface area contributed by atoms with Crippen LogP contribution in [0.5, 0.6) is 5.75 Å². The molecule has 1 aromatic heterocycles. The third-order valence-corrected chi connectivity index (χ3v) is 7.44. The maximum atomic E-state index is 13.6. The number of anilines is 1. The summed E-state index contributed by atoms with van der Waals surface area (Å²) in [7, 11) is 0. The Hall–Kier alpha value is -4.07. The summed E-state index contributed by atoms with van der Waals surface area (Å²) in [6, 6.07) is 19.0. The van der Waals surface area contributed by atoms with E-state index in [9.17, 15) is 18.0 Å². The quantitative estimate of drug-likeness (QED) is 0.299. The number of alkyl halides is 3. The van der Waals surface area contributed by atoms with Gasteiger partial charge in [0.15, 0.2) is 0 Å². The highest BCUT2D eigenvalue weighted by Crippen LogP contribution is 2.34. The predicted octanol–water partition coefficient (Wildman–Crippen LogP) is 7.09. The van der Waals surface area contributed by atoms with Gasteiger partial charge in [-0.05, 0) is 84.3 Å². The van der Waals surface area contributed by atoms with Gasteiger partial charge in [-0.2, -0.15) is 13.2 Å². The second kappa shape index (κ2) is 10.2. The zero-order chi connectivity index (χ0) is 27.0. The number of benzene rings is 3. The highest BCUT2D eigenvalue weighted by molar-refractivity contribution is 6.08. The van der Waals surface area contributed by atoms with Crippen LogP contribution in [0.4, 0.5) is 19.0 Å². The number of halogens is 3. The second-order valence-corrected chi connectivity index (χ2v) is 10.1. The molecule has 1 N–H and O–H groups in total. The third-order valence-electron chi connectivity index (χ3n) is 7.44. The Morgan fingerprint density at radius 2 is 1.67 bits per heavy atom. The highest BCUT2D eigenvalue weighted by Gasteiger charge is 2.30. The lowest BCUT2D eigenvalue weighted by Gasteiger charge is -2.19. The van der Waals surface area contributed by atoms with Gasteiger partial charge in [-0.15, -0.1) is 0 Å². The molecule has 0 spiro atoms. The van der Waals surface area contributed by atoms with Gasteiger partial charge in [0.25, 0.3) is 5.91 Å². The highest BCUT2D eigenvalue weighted by atomic mass is 19.4. The number of nitrogens with zero attached hydrogens (tertiary/aromatic N) is 2. The molecule has 0 atom stereocenters. The van der Waals surface area contributed by atoms with E-state index in [0.717, 1.165) is 79.8 Å². The number of aromatic nitrogens is 1. The van der Waals surface area contributed by atoms with Crippen LogP contribution in [-0.2, 0) is 19.1 Å². The molecule has 200 valence electrons. The summed E-state index contributed by atoms with van der Waals surface area (Å²) in [6.45, 7) is 2.44. The Morgan fingerprint density at radius 1 is 0.923 bits per heavy atom. The molecule has 8 heteroatoms. The van der Waals surface area contributed by atoms with Crippen molar-refractivity contribution < 1.29 is 22.7 Å². The van der Waals surface area contributed by atoms with E-state index < -0.39 is 11.7 Å². The lowest BCUT2D eigenvalue weighted by atomic mass is 9.97. The first-order chi connectivity index (χ1) is 18.8. The van der Waals surface area contributed by atoms with Crippen molar-refractivity contribution in [3.63, 3.8) is 0 Å². The van der Waals surface area contributed by atoms with Crippen molar-refractivity contribution >= 4 is 22.6 Å². The van der Waals surface area contributed by atoms with Crippen molar-refractivity contribution in [1.82, 2.24) is 9.88 Å². The minimum atomic E-state index is -4.37. The number of carbonyl (C=O) groups is 1.